The maximum absolute atomic E-state index is 15.3. The first kappa shape index (κ1) is 30.0. The molecule has 0 unspecified atom stereocenters. The number of nitro benzene ring substituents is 1. The molecule has 0 bridgehead atoms. The highest BCUT2D eigenvalue weighted by molar-refractivity contribution is 9.10. The summed E-state index contributed by atoms with van der Waals surface area (Å²) in [6.45, 7) is 9.55. The molecule has 3 aromatic rings. The number of benzene rings is 2. The molecule has 0 saturated carbocycles. The predicted molar refractivity (Wildman–Crippen MR) is 155 cm³/mol. The van der Waals surface area contributed by atoms with Gasteiger partial charge in [-0.05, 0) is 71.0 Å². The molecule has 2 aromatic carbocycles. The van der Waals surface area contributed by atoms with E-state index in [1.165, 1.54) is 28.9 Å². The molecule has 1 aromatic heterocycles. The van der Waals surface area contributed by atoms with Crippen LogP contribution in [0.5, 0.6) is 0 Å². The lowest BCUT2D eigenvalue weighted by atomic mass is 10.2. The second kappa shape index (κ2) is 12.6. The van der Waals surface area contributed by atoms with Crippen molar-refractivity contribution in [1.82, 2.24) is 14.5 Å². The number of aromatic nitrogens is 2. The zero-order valence-corrected chi connectivity index (χ0v) is 24.9. The lowest BCUT2D eigenvalue weighted by Gasteiger charge is -2.38. The van der Waals surface area contributed by atoms with Gasteiger partial charge in [0, 0.05) is 39.9 Å². The molecule has 1 atom stereocenters. The second-order valence-electron chi connectivity index (χ2n) is 9.43. The molecule has 0 aliphatic heterocycles. The van der Waals surface area contributed by atoms with E-state index in [1.54, 1.807) is 31.2 Å². The van der Waals surface area contributed by atoms with Crippen LogP contribution < -0.4 is 15.7 Å². The van der Waals surface area contributed by atoms with Gasteiger partial charge in [0.25, 0.3) is 19.0 Å². The van der Waals surface area contributed by atoms with E-state index in [9.17, 15) is 20.2 Å². The van der Waals surface area contributed by atoms with Gasteiger partial charge in [-0.1, -0.05) is 15.9 Å². The molecule has 0 fully saturated rings. The number of hydrogen-bond donors (Lipinski definition) is 2. The number of carbonyl (C=O) groups is 1. The van der Waals surface area contributed by atoms with Crippen LogP contribution in [-0.2, 0) is 11.1 Å². The van der Waals surface area contributed by atoms with E-state index in [4.69, 9.17) is 0 Å². The number of nitrogens with one attached hydrogen (secondary N) is 2. The Labute approximate surface area is 236 Å². The number of nitrogens with zero attached hydrogens (tertiary/aromatic N) is 5. The van der Waals surface area contributed by atoms with E-state index in [1.807, 2.05) is 32.4 Å². The number of halogens is 1. The van der Waals surface area contributed by atoms with Gasteiger partial charge in [-0.25, -0.2) is 9.35 Å². The van der Waals surface area contributed by atoms with Crippen molar-refractivity contribution in [3.8, 4) is 6.07 Å². The van der Waals surface area contributed by atoms with E-state index in [0.717, 1.165) is 4.47 Å². The Morgan fingerprint density at radius 3 is 2.26 bits per heavy atom. The molecule has 39 heavy (non-hydrogen) atoms. The Bertz CT molecular complexity index is 1420. The highest BCUT2D eigenvalue weighted by atomic mass is 79.9. The summed E-state index contributed by atoms with van der Waals surface area (Å²) in [7, 11) is -3.77. The van der Waals surface area contributed by atoms with E-state index in [2.05, 4.69) is 37.5 Å². The van der Waals surface area contributed by atoms with E-state index >= 15 is 4.57 Å². The van der Waals surface area contributed by atoms with Gasteiger partial charge >= 0.3 is 0 Å². The summed E-state index contributed by atoms with van der Waals surface area (Å²) in [6, 6.07) is 14.2. The molecule has 0 aliphatic rings. The van der Waals surface area contributed by atoms with Crippen LogP contribution in [0.3, 0.4) is 0 Å². The highest BCUT2D eigenvalue weighted by Gasteiger charge is 2.42. The monoisotopic (exact) mass is 615 g/mol. The average Bonchev–Trinajstić information content (AvgIpc) is 3.17. The van der Waals surface area contributed by atoms with Gasteiger partial charge in [0.05, 0.1) is 29.7 Å². The number of nitro groups is 1. The van der Waals surface area contributed by atoms with Gasteiger partial charge < -0.3 is 10.4 Å². The van der Waals surface area contributed by atoms with Gasteiger partial charge in [-0.2, -0.15) is 10.4 Å². The minimum absolute atomic E-state index is 0.0945. The average molecular weight is 616 g/mol. The number of rotatable bonds is 11. The minimum Gasteiger partial charge on any atom is -0.321 e. The molecule has 1 amide bonds. The fourth-order valence-electron chi connectivity index (χ4n) is 4.47. The summed E-state index contributed by atoms with van der Waals surface area (Å²) in [5.74, 6) is -0.205. The van der Waals surface area contributed by atoms with Gasteiger partial charge in [-0.3, -0.25) is 19.5 Å². The lowest BCUT2D eigenvalue weighted by Crippen LogP contribution is -2.41. The smallest absolute Gasteiger partial charge is 0.272 e. The first-order valence-corrected chi connectivity index (χ1v) is 14.8. The number of amides is 1. The maximum atomic E-state index is 15.3. The van der Waals surface area contributed by atoms with Crippen LogP contribution in [0, 0.1) is 28.4 Å². The Kier molecular flexibility index (Phi) is 9.67. The Balaban J connectivity index is 2.22. The quantitative estimate of drug-likeness (QED) is 0.150. The summed E-state index contributed by atoms with van der Waals surface area (Å²) in [6.07, 6.45) is 0.125. The molecule has 0 radical (unpaired) electrons. The Hall–Kier alpha value is -3.52. The van der Waals surface area contributed by atoms with Crippen molar-refractivity contribution in [2.75, 3.05) is 10.4 Å². The van der Waals surface area contributed by atoms with Crippen molar-refractivity contribution in [2.45, 2.75) is 59.7 Å². The molecule has 1 heterocycles. The number of hydrogen-bond acceptors (Lipinski definition) is 6. The zero-order chi connectivity index (χ0) is 28.9. The molecule has 13 heteroatoms. The van der Waals surface area contributed by atoms with Crippen molar-refractivity contribution < 1.29 is 14.3 Å². The standard InChI is InChI=1S/C26H31BrN7O4P/c1-17(2)33(18(3)4)39(38,31-22-11-13-23(14-12-22)34(36)37)24-19(5)30-32(16-6-15-28)25(24)29-26(35)20-7-9-21(27)10-8-20/h7-14,17-18H,6,16H2,1-5H3,(H,29,35)(H,31,38)/t39-/m0/s1. The van der Waals surface area contributed by atoms with Gasteiger partial charge in [0.2, 0.25) is 0 Å². The maximum Gasteiger partial charge on any atom is 0.272 e. The van der Waals surface area contributed by atoms with Gasteiger partial charge in [-0.15, -0.1) is 0 Å². The van der Waals surface area contributed by atoms with Gasteiger partial charge in [0.1, 0.15) is 11.1 Å². The summed E-state index contributed by atoms with van der Waals surface area (Å²) in [5.41, 5.74) is 1.12. The number of anilines is 2. The first-order valence-electron chi connectivity index (χ1n) is 12.3. The van der Waals surface area contributed by atoms with E-state index in [0.29, 0.717) is 22.2 Å². The zero-order valence-electron chi connectivity index (χ0n) is 22.4. The predicted octanol–water partition coefficient (Wildman–Crippen LogP) is 6.08. The van der Waals surface area contributed by atoms with Crippen LogP contribution in [0.15, 0.2) is 53.0 Å². The number of non-ortho nitro benzene ring substituents is 1. The topological polar surface area (TPSA) is 146 Å². The molecule has 0 saturated heterocycles. The normalized spacial score (nSPS) is 12.8. The van der Waals surface area contributed by atoms with Crippen LogP contribution in [0.25, 0.3) is 0 Å². The third-order valence-corrected chi connectivity index (χ3v) is 9.72. The highest BCUT2D eigenvalue weighted by Crippen LogP contribution is 2.53. The first-order chi connectivity index (χ1) is 18.4. The number of aryl methyl sites for hydroxylation is 2. The molecule has 206 valence electrons. The van der Waals surface area contributed by atoms with Crippen LogP contribution >= 0.6 is 23.4 Å². The minimum atomic E-state index is -3.77. The number of carbonyl (C=O) groups excluding carboxylic acids is 1. The third kappa shape index (κ3) is 6.74. The molecule has 3 rings (SSSR count). The van der Waals surface area contributed by atoms with Crippen LogP contribution in [0.2, 0.25) is 0 Å². The number of nitriles is 1. The summed E-state index contributed by atoms with van der Waals surface area (Å²) in [5, 5.41) is 31.3. The van der Waals surface area contributed by atoms with E-state index in [-0.39, 0.29) is 36.6 Å². The fourth-order valence-corrected chi connectivity index (χ4v) is 7.93. The van der Waals surface area contributed by atoms with E-state index < -0.39 is 18.3 Å². The molecule has 11 nitrogen and oxygen atoms in total. The van der Waals surface area contributed by atoms with Gasteiger partial charge in [0.15, 0.2) is 0 Å². The SMILES string of the molecule is Cc1nn(CCC#N)c(NC(=O)c2ccc(Br)cc2)c1[P@](=O)(Nc1ccc([N+](=O)[O-])cc1)N(C(C)C)C(C)C. The molecule has 0 aliphatic carbocycles. The lowest BCUT2D eigenvalue weighted by molar-refractivity contribution is -0.384. The van der Waals surface area contributed by atoms with Crippen molar-refractivity contribution >= 4 is 51.8 Å². The van der Waals surface area contributed by atoms with Crippen LogP contribution in [0.4, 0.5) is 17.2 Å². The second-order valence-corrected chi connectivity index (χ2v) is 12.6. The van der Waals surface area contributed by atoms with Crippen molar-refractivity contribution in [2.24, 2.45) is 0 Å². The Morgan fingerprint density at radius 1 is 1.15 bits per heavy atom. The fraction of sp³-hybridized carbons (Fsp3) is 0.346. The van der Waals surface area contributed by atoms with Crippen molar-refractivity contribution in [3.63, 3.8) is 0 Å². The largest absolute Gasteiger partial charge is 0.321 e. The van der Waals surface area contributed by atoms with Crippen LogP contribution in [0.1, 0.15) is 50.2 Å². The van der Waals surface area contributed by atoms with Crippen LogP contribution in [-0.4, -0.2) is 37.4 Å². The summed E-state index contributed by atoms with van der Waals surface area (Å²) < 4.78 is 19.4. The molecule has 2 N–H and O–H groups in total. The van der Waals surface area contributed by atoms with Crippen molar-refractivity contribution in [1.29, 1.82) is 5.26 Å². The molecule has 0 spiro atoms. The summed E-state index contributed by atoms with van der Waals surface area (Å²) >= 11 is 3.36. The summed E-state index contributed by atoms with van der Waals surface area (Å²) in [4.78, 5) is 24.0. The third-order valence-electron chi connectivity index (χ3n) is 5.91. The molecular formula is C26H31BrN7O4P. The van der Waals surface area contributed by atoms with Crippen molar-refractivity contribution in [3.05, 3.63) is 74.4 Å². The Morgan fingerprint density at radius 2 is 1.74 bits per heavy atom. The molecular weight excluding hydrogens is 585 g/mol.